The van der Waals surface area contributed by atoms with Gasteiger partial charge in [-0.15, -0.1) is 0 Å². The molecule has 10 heteroatoms. The van der Waals surface area contributed by atoms with Crippen molar-refractivity contribution in [3.63, 3.8) is 0 Å². The Bertz CT molecular complexity index is 609. The lowest BCUT2D eigenvalue weighted by Crippen LogP contribution is -2.17. The van der Waals surface area contributed by atoms with Gasteiger partial charge in [0.2, 0.25) is 0 Å². The number of H-pyrrole nitrogens is 3. The number of hydrogen-bond acceptors (Lipinski definition) is 6. The van der Waals surface area contributed by atoms with E-state index >= 15 is 0 Å². The van der Waals surface area contributed by atoms with E-state index in [0.717, 1.165) is 0 Å². The zero-order valence-electron chi connectivity index (χ0n) is 9.64. The van der Waals surface area contributed by atoms with Gasteiger partial charge in [0.1, 0.15) is 18.6 Å². The molecule has 0 spiro atoms. The SMILES string of the molecule is Nc1[nH+]cc(P(c2c[nH+]c(N)s2)c2c[nH+]c(N)s2)s1. The van der Waals surface area contributed by atoms with Crippen molar-refractivity contribution < 1.29 is 15.0 Å². The van der Waals surface area contributed by atoms with E-state index in [1.54, 1.807) is 34.0 Å². The fourth-order valence-electron chi connectivity index (χ4n) is 1.57. The summed E-state index contributed by atoms with van der Waals surface area (Å²) in [5.74, 6) is 0. The van der Waals surface area contributed by atoms with Gasteiger partial charge in [-0.1, -0.05) is 0 Å². The quantitative estimate of drug-likeness (QED) is 0.524. The number of anilines is 3. The number of rotatable bonds is 3. The average molecular weight is 331 g/mol. The lowest BCUT2D eigenvalue weighted by atomic mass is 11.0. The van der Waals surface area contributed by atoms with Gasteiger partial charge >= 0.3 is 15.4 Å². The summed E-state index contributed by atoms with van der Waals surface area (Å²) < 4.78 is 3.58. The molecule has 0 amide bonds. The van der Waals surface area contributed by atoms with Crippen LogP contribution in [-0.2, 0) is 0 Å². The largest absolute Gasteiger partial charge is 0.330 e. The maximum absolute atomic E-state index is 5.80. The molecule has 0 saturated heterocycles. The molecule has 0 aliphatic carbocycles. The Balaban J connectivity index is 2.10. The van der Waals surface area contributed by atoms with Crippen LogP contribution in [-0.4, -0.2) is 0 Å². The number of thiazole rings is 3. The van der Waals surface area contributed by atoms with Gasteiger partial charge in [0, 0.05) is 7.92 Å². The van der Waals surface area contributed by atoms with Crippen molar-refractivity contribution in [3.05, 3.63) is 18.6 Å². The Hall–Kier alpha value is -1.28. The van der Waals surface area contributed by atoms with Gasteiger partial charge < -0.3 is 0 Å². The molecule has 98 valence electrons. The maximum Gasteiger partial charge on any atom is 0.330 e. The van der Waals surface area contributed by atoms with Gasteiger partial charge in [-0.2, -0.15) is 0 Å². The molecule has 0 radical (unpaired) electrons. The van der Waals surface area contributed by atoms with Crippen molar-refractivity contribution >= 4 is 71.2 Å². The second-order valence-electron chi connectivity index (χ2n) is 3.62. The van der Waals surface area contributed by atoms with Gasteiger partial charge in [-0.3, -0.25) is 17.2 Å². The normalized spacial score (nSPS) is 11.2. The van der Waals surface area contributed by atoms with Crippen LogP contribution in [0.15, 0.2) is 18.6 Å². The van der Waals surface area contributed by atoms with E-state index in [9.17, 15) is 0 Å². The monoisotopic (exact) mass is 331 g/mol. The molecule has 0 bridgehead atoms. The molecule has 3 aromatic heterocycles. The van der Waals surface area contributed by atoms with Crippen LogP contribution in [0.4, 0.5) is 15.4 Å². The molecular formula is C9H12N6PS3+3. The number of nitrogens with one attached hydrogen (secondary N) is 3. The highest BCUT2D eigenvalue weighted by molar-refractivity contribution is 7.91. The first-order valence-electron chi connectivity index (χ1n) is 5.24. The van der Waals surface area contributed by atoms with E-state index in [2.05, 4.69) is 15.0 Å². The van der Waals surface area contributed by atoms with E-state index in [-0.39, 0.29) is 0 Å². The molecule has 0 aromatic carbocycles. The number of nitrogen functional groups attached to an aromatic ring is 3. The third-order valence-electron chi connectivity index (χ3n) is 2.32. The summed E-state index contributed by atoms with van der Waals surface area (Å²) in [5, 5.41) is 2.10. The van der Waals surface area contributed by atoms with Crippen molar-refractivity contribution in [1.29, 1.82) is 0 Å². The minimum Gasteiger partial charge on any atom is -0.278 e. The lowest BCUT2D eigenvalue weighted by molar-refractivity contribution is -0.353. The number of hydrogen-bond donors (Lipinski definition) is 3. The molecule has 0 aliphatic heterocycles. The molecule has 3 rings (SSSR count). The molecular weight excluding hydrogens is 319 g/mol. The van der Waals surface area contributed by atoms with E-state index in [4.69, 9.17) is 17.2 Å². The highest BCUT2D eigenvalue weighted by Gasteiger charge is 2.27. The Kier molecular flexibility index (Phi) is 3.36. The van der Waals surface area contributed by atoms with Crippen molar-refractivity contribution in [2.45, 2.75) is 0 Å². The van der Waals surface area contributed by atoms with Gasteiger partial charge in [-0.25, -0.2) is 15.0 Å². The van der Waals surface area contributed by atoms with Gasteiger partial charge in [-0.05, 0) is 34.0 Å². The number of aromatic nitrogens is 3. The summed E-state index contributed by atoms with van der Waals surface area (Å²) in [7, 11) is -0.662. The first-order valence-corrected chi connectivity index (χ1v) is 9.03. The summed E-state index contributed by atoms with van der Waals surface area (Å²) in [6.07, 6.45) is 5.87. The van der Waals surface area contributed by atoms with Crippen molar-refractivity contribution in [1.82, 2.24) is 0 Å². The highest BCUT2D eigenvalue weighted by atomic mass is 32.1. The smallest absolute Gasteiger partial charge is 0.278 e. The standard InChI is InChI=1S/C9H9N6PS3/c10-7-13-1-4(17-7)16(5-2-14-8(11)18-5)6-3-15-9(12)19-6/h1-3H,(H2,10,13)(H2,11,14)(H2,12,15)/p+3. The van der Waals surface area contributed by atoms with E-state index in [1.807, 2.05) is 18.6 Å². The minimum absolute atomic E-state index is 0.662. The average Bonchev–Trinajstić information content (AvgIpc) is 3.05. The molecule has 0 fully saturated rings. The third-order valence-corrected chi connectivity index (χ3v) is 8.49. The van der Waals surface area contributed by atoms with Crippen LogP contribution in [0.3, 0.4) is 0 Å². The topological polar surface area (TPSA) is 120 Å². The molecule has 3 aromatic rings. The molecule has 19 heavy (non-hydrogen) atoms. The predicted octanol–water partition coefficient (Wildman–Crippen LogP) is -1.18. The second kappa shape index (κ2) is 5.01. The fourth-order valence-corrected chi connectivity index (χ4v) is 8.46. The molecule has 9 N–H and O–H groups in total. The summed E-state index contributed by atoms with van der Waals surface area (Å²) in [4.78, 5) is 9.12. The fraction of sp³-hybridized carbons (Fsp3) is 0. The molecule has 3 heterocycles. The molecule has 0 aliphatic rings. The maximum atomic E-state index is 5.80. The Morgan fingerprint density at radius 2 is 1.00 bits per heavy atom. The van der Waals surface area contributed by atoms with Gasteiger partial charge in [0.05, 0.1) is 13.9 Å². The van der Waals surface area contributed by atoms with E-state index in [0.29, 0.717) is 15.4 Å². The Labute approximate surface area is 122 Å². The summed E-state index contributed by atoms with van der Waals surface area (Å²) in [5.41, 5.74) is 17.4. The second-order valence-corrected chi connectivity index (χ2v) is 9.89. The molecule has 0 unspecified atom stereocenters. The minimum atomic E-state index is -0.662. The predicted molar refractivity (Wildman–Crippen MR) is 81.7 cm³/mol. The number of nitrogens with two attached hydrogens (primary N) is 3. The van der Waals surface area contributed by atoms with E-state index < -0.39 is 7.92 Å². The Morgan fingerprint density at radius 1 is 0.684 bits per heavy atom. The van der Waals surface area contributed by atoms with Crippen LogP contribution in [0.5, 0.6) is 0 Å². The third kappa shape index (κ3) is 2.55. The first-order chi connectivity index (χ1) is 9.13. The molecule has 0 atom stereocenters. The molecule has 0 saturated carbocycles. The van der Waals surface area contributed by atoms with Crippen molar-refractivity contribution in [2.75, 3.05) is 17.2 Å². The van der Waals surface area contributed by atoms with Crippen molar-refractivity contribution in [3.8, 4) is 0 Å². The highest BCUT2D eigenvalue weighted by Crippen LogP contribution is 2.38. The van der Waals surface area contributed by atoms with Crippen LogP contribution < -0.4 is 46.0 Å². The van der Waals surface area contributed by atoms with Crippen LogP contribution in [0, 0.1) is 0 Å². The summed E-state index contributed by atoms with van der Waals surface area (Å²) >= 11 is 4.68. The number of aromatic amines is 3. The summed E-state index contributed by atoms with van der Waals surface area (Å²) in [6, 6.07) is 0. The van der Waals surface area contributed by atoms with Crippen LogP contribution in [0.25, 0.3) is 0 Å². The Morgan fingerprint density at radius 3 is 1.21 bits per heavy atom. The van der Waals surface area contributed by atoms with Gasteiger partial charge in [0.15, 0.2) is 0 Å². The first kappa shape index (κ1) is 12.7. The van der Waals surface area contributed by atoms with Gasteiger partial charge in [0.25, 0.3) is 0 Å². The van der Waals surface area contributed by atoms with Crippen LogP contribution in [0.2, 0.25) is 0 Å². The van der Waals surface area contributed by atoms with Crippen LogP contribution in [0.1, 0.15) is 0 Å². The van der Waals surface area contributed by atoms with Crippen molar-refractivity contribution in [2.24, 2.45) is 0 Å². The van der Waals surface area contributed by atoms with E-state index in [1.165, 1.54) is 13.9 Å². The summed E-state index contributed by atoms with van der Waals surface area (Å²) in [6.45, 7) is 0. The molecule has 6 nitrogen and oxygen atoms in total. The lowest BCUT2D eigenvalue weighted by Gasteiger charge is -2.07. The zero-order valence-corrected chi connectivity index (χ0v) is 13.0. The van der Waals surface area contributed by atoms with Crippen LogP contribution >= 0.6 is 41.9 Å². The zero-order chi connectivity index (χ0) is 13.4.